The zero-order valence-corrected chi connectivity index (χ0v) is 15.6. The van der Waals surface area contributed by atoms with Crippen molar-refractivity contribution in [1.82, 2.24) is 0 Å². The Morgan fingerprint density at radius 1 is 1.05 bits per heavy atom. The summed E-state index contributed by atoms with van der Waals surface area (Å²) in [5, 5.41) is 10.3. The van der Waals surface area contributed by atoms with E-state index in [1.54, 1.807) is 18.2 Å². The van der Waals surface area contributed by atoms with Crippen LogP contribution in [0.25, 0.3) is 0 Å². The Balaban J connectivity index is 2.22. The SMILES string of the molecule is CCOc1cc(CO)cc(I)c1OCc1ccc(Cl)c(Cl)c1. The van der Waals surface area contributed by atoms with Gasteiger partial charge in [0, 0.05) is 0 Å². The molecule has 0 saturated heterocycles. The van der Waals surface area contributed by atoms with Gasteiger partial charge in [0.1, 0.15) is 6.61 Å². The van der Waals surface area contributed by atoms with Crippen molar-refractivity contribution in [2.75, 3.05) is 6.61 Å². The van der Waals surface area contributed by atoms with E-state index in [1.165, 1.54) is 0 Å². The predicted octanol–water partition coefficient (Wildman–Crippen LogP) is 5.07. The highest BCUT2D eigenvalue weighted by Gasteiger charge is 2.12. The smallest absolute Gasteiger partial charge is 0.174 e. The molecule has 0 aliphatic carbocycles. The quantitative estimate of drug-likeness (QED) is 0.622. The Labute approximate surface area is 153 Å². The Kier molecular flexibility index (Phi) is 6.62. The summed E-state index contributed by atoms with van der Waals surface area (Å²) in [5.41, 5.74) is 1.70. The van der Waals surface area contributed by atoms with Crippen molar-refractivity contribution in [3.05, 3.63) is 55.1 Å². The molecule has 0 fully saturated rings. The molecule has 0 aromatic heterocycles. The average molecular weight is 453 g/mol. The van der Waals surface area contributed by atoms with E-state index < -0.39 is 0 Å². The van der Waals surface area contributed by atoms with Crippen molar-refractivity contribution in [2.24, 2.45) is 0 Å². The first-order valence-electron chi connectivity index (χ1n) is 6.68. The fourth-order valence-corrected chi connectivity index (χ4v) is 3.04. The molecule has 2 aromatic carbocycles. The minimum Gasteiger partial charge on any atom is -0.490 e. The molecule has 1 N–H and O–H groups in total. The maximum atomic E-state index is 9.28. The lowest BCUT2D eigenvalue weighted by molar-refractivity contribution is 0.262. The van der Waals surface area contributed by atoms with Crippen molar-refractivity contribution in [1.29, 1.82) is 0 Å². The van der Waals surface area contributed by atoms with Crippen molar-refractivity contribution in [3.63, 3.8) is 0 Å². The highest BCUT2D eigenvalue weighted by molar-refractivity contribution is 14.1. The van der Waals surface area contributed by atoms with Crippen LogP contribution in [-0.2, 0) is 13.2 Å². The molecule has 3 nitrogen and oxygen atoms in total. The molecule has 2 rings (SSSR count). The van der Waals surface area contributed by atoms with E-state index in [0.29, 0.717) is 34.8 Å². The Hall–Kier alpha value is -0.690. The standard InChI is InChI=1S/C16H15Cl2IO3/c1-2-21-15-7-11(8-20)6-14(19)16(15)22-9-10-3-4-12(17)13(18)5-10/h3-7,20H,2,8-9H2,1H3. The zero-order valence-electron chi connectivity index (χ0n) is 11.9. The van der Waals surface area contributed by atoms with Crippen LogP contribution >= 0.6 is 45.8 Å². The van der Waals surface area contributed by atoms with Gasteiger partial charge in [0.05, 0.1) is 26.8 Å². The molecule has 22 heavy (non-hydrogen) atoms. The minimum atomic E-state index is -0.0385. The Bertz CT molecular complexity index is 662. The Morgan fingerprint density at radius 2 is 1.82 bits per heavy atom. The highest BCUT2D eigenvalue weighted by Crippen LogP contribution is 2.35. The molecule has 0 unspecified atom stereocenters. The van der Waals surface area contributed by atoms with E-state index in [-0.39, 0.29) is 6.61 Å². The van der Waals surface area contributed by atoms with Crippen LogP contribution in [0.5, 0.6) is 11.5 Å². The second kappa shape index (κ2) is 8.24. The molecule has 0 amide bonds. The number of halogens is 3. The van der Waals surface area contributed by atoms with E-state index >= 15 is 0 Å². The molecule has 0 bridgehead atoms. The molecule has 0 aliphatic heterocycles. The summed E-state index contributed by atoms with van der Waals surface area (Å²) < 4.78 is 12.4. The third-order valence-electron chi connectivity index (χ3n) is 2.92. The summed E-state index contributed by atoms with van der Waals surface area (Å²) in [4.78, 5) is 0. The number of hydrogen-bond donors (Lipinski definition) is 1. The van der Waals surface area contributed by atoms with Crippen LogP contribution in [0.3, 0.4) is 0 Å². The number of aliphatic hydroxyl groups is 1. The first-order chi connectivity index (χ1) is 10.5. The van der Waals surface area contributed by atoms with Crippen LogP contribution in [-0.4, -0.2) is 11.7 Å². The second-order valence-electron chi connectivity index (χ2n) is 4.53. The molecule has 0 aliphatic rings. The molecule has 0 spiro atoms. The summed E-state index contributed by atoms with van der Waals surface area (Å²) in [6, 6.07) is 9.04. The van der Waals surface area contributed by atoms with Gasteiger partial charge in [0.25, 0.3) is 0 Å². The summed E-state index contributed by atoms with van der Waals surface area (Å²) in [6.07, 6.45) is 0. The third kappa shape index (κ3) is 4.41. The first kappa shape index (κ1) is 17.7. The van der Waals surface area contributed by atoms with Crippen molar-refractivity contribution >= 4 is 45.8 Å². The van der Waals surface area contributed by atoms with E-state index in [4.69, 9.17) is 32.7 Å². The van der Waals surface area contributed by atoms with E-state index in [0.717, 1.165) is 14.7 Å². The normalized spacial score (nSPS) is 10.6. The van der Waals surface area contributed by atoms with Gasteiger partial charge in [-0.25, -0.2) is 0 Å². The van der Waals surface area contributed by atoms with Crippen LogP contribution < -0.4 is 9.47 Å². The fourth-order valence-electron chi connectivity index (χ4n) is 1.90. The summed E-state index contributed by atoms with van der Waals surface area (Å²) >= 11 is 14.1. The molecule has 0 atom stereocenters. The molecule has 0 heterocycles. The maximum absolute atomic E-state index is 9.28. The molecule has 6 heteroatoms. The van der Waals surface area contributed by atoms with Gasteiger partial charge in [0.15, 0.2) is 11.5 Å². The van der Waals surface area contributed by atoms with Crippen molar-refractivity contribution in [2.45, 2.75) is 20.1 Å². The summed E-state index contributed by atoms with van der Waals surface area (Å²) in [6.45, 7) is 2.74. The van der Waals surface area contributed by atoms with Gasteiger partial charge in [-0.1, -0.05) is 29.3 Å². The van der Waals surface area contributed by atoms with Crippen LogP contribution in [0.4, 0.5) is 0 Å². The molecular weight excluding hydrogens is 438 g/mol. The third-order valence-corrected chi connectivity index (χ3v) is 4.46. The average Bonchev–Trinajstić information content (AvgIpc) is 2.50. The summed E-state index contributed by atoms with van der Waals surface area (Å²) in [7, 11) is 0. The van der Waals surface area contributed by atoms with Crippen molar-refractivity contribution < 1.29 is 14.6 Å². The first-order valence-corrected chi connectivity index (χ1v) is 8.51. The van der Waals surface area contributed by atoms with Crippen LogP contribution in [0, 0.1) is 3.57 Å². The lowest BCUT2D eigenvalue weighted by Crippen LogP contribution is -2.02. The van der Waals surface area contributed by atoms with Crippen LogP contribution in [0.15, 0.2) is 30.3 Å². The largest absolute Gasteiger partial charge is 0.490 e. The van der Waals surface area contributed by atoms with Crippen LogP contribution in [0.1, 0.15) is 18.1 Å². The lowest BCUT2D eigenvalue weighted by Gasteiger charge is -2.15. The van der Waals surface area contributed by atoms with Gasteiger partial charge in [-0.3, -0.25) is 0 Å². The zero-order chi connectivity index (χ0) is 16.1. The lowest BCUT2D eigenvalue weighted by atomic mass is 10.2. The number of aliphatic hydroxyl groups excluding tert-OH is 1. The highest BCUT2D eigenvalue weighted by atomic mass is 127. The van der Waals surface area contributed by atoms with E-state index in [9.17, 15) is 5.11 Å². The summed E-state index contributed by atoms with van der Waals surface area (Å²) in [5.74, 6) is 1.28. The molecular formula is C16H15Cl2IO3. The monoisotopic (exact) mass is 452 g/mol. The number of hydrogen-bond acceptors (Lipinski definition) is 3. The molecule has 0 radical (unpaired) electrons. The number of rotatable bonds is 6. The van der Waals surface area contributed by atoms with Gasteiger partial charge >= 0.3 is 0 Å². The molecule has 0 saturated carbocycles. The van der Waals surface area contributed by atoms with Gasteiger partial charge in [-0.2, -0.15) is 0 Å². The fraction of sp³-hybridized carbons (Fsp3) is 0.250. The van der Waals surface area contributed by atoms with Gasteiger partial charge in [0.2, 0.25) is 0 Å². The molecule has 2 aromatic rings. The molecule has 118 valence electrons. The van der Waals surface area contributed by atoms with Gasteiger partial charge in [-0.05, 0) is 64.9 Å². The number of ether oxygens (including phenoxy) is 2. The number of benzene rings is 2. The maximum Gasteiger partial charge on any atom is 0.174 e. The van der Waals surface area contributed by atoms with Gasteiger partial charge in [-0.15, -0.1) is 0 Å². The second-order valence-corrected chi connectivity index (χ2v) is 6.51. The van der Waals surface area contributed by atoms with E-state index in [1.807, 2.05) is 19.1 Å². The van der Waals surface area contributed by atoms with Crippen molar-refractivity contribution in [3.8, 4) is 11.5 Å². The van der Waals surface area contributed by atoms with Gasteiger partial charge < -0.3 is 14.6 Å². The van der Waals surface area contributed by atoms with E-state index in [2.05, 4.69) is 22.6 Å². The minimum absolute atomic E-state index is 0.0385. The Morgan fingerprint density at radius 3 is 2.45 bits per heavy atom. The predicted molar refractivity (Wildman–Crippen MR) is 97.0 cm³/mol. The van der Waals surface area contributed by atoms with Crippen LogP contribution in [0.2, 0.25) is 10.0 Å². The topological polar surface area (TPSA) is 38.7 Å².